The lowest BCUT2D eigenvalue weighted by Gasteiger charge is -2.07. The Labute approximate surface area is 122 Å². The van der Waals surface area contributed by atoms with Crippen LogP contribution in [0.4, 0.5) is 0 Å². The molecule has 3 rings (SSSR count). The average Bonchev–Trinajstić information content (AvgIpc) is 2.81. The van der Waals surface area contributed by atoms with E-state index in [0.29, 0.717) is 12.4 Å². The third-order valence-corrected chi connectivity index (χ3v) is 3.47. The molecule has 0 aromatic carbocycles. The van der Waals surface area contributed by atoms with Gasteiger partial charge in [-0.1, -0.05) is 6.07 Å². The van der Waals surface area contributed by atoms with Crippen molar-refractivity contribution >= 4 is 22.8 Å². The number of hydrogen-bond acceptors (Lipinski definition) is 3. The second kappa shape index (κ2) is 5.59. The monoisotopic (exact) mass is 286 g/mol. The number of hydrogen-bond donors (Lipinski definition) is 0. The molecule has 0 atom stereocenters. The van der Waals surface area contributed by atoms with Crippen LogP contribution in [0, 0.1) is 6.92 Å². The van der Waals surface area contributed by atoms with E-state index in [9.17, 15) is 0 Å². The molecule has 3 aromatic heterocycles. The highest BCUT2D eigenvalue weighted by atomic mass is 35.5. The normalized spacial score (nSPS) is 11.1. The SMILES string of the molecule is Cc1ccnc2c1nc(CCCl)n2Cc1ccccn1. The van der Waals surface area contributed by atoms with Crippen molar-refractivity contribution in [2.45, 2.75) is 19.9 Å². The van der Waals surface area contributed by atoms with Gasteiger partial charge in [-0.2, -0.15) is 0 Å². The second-order valence-corrected chi connectivity index (χ2v) is 5.05. The van der Waals surface area contributed by atoms with E-state index in [0.717, 1.165) is 34.7 Å². The molecule has 0 aliphatic rings. The van der Waals surface area contributed by atoms with Crippen LogP contribution in [0.15, 0.2) is 36.7 Å². The zero-order chi connectivity index (χ0) is 13.9. The van der Waals surface area contributed by atoms with Crippen LogP contribution < -0.4 is 0 Å². The minimum atomic E-state index is 0.546. The number of rotatable bonds is 4. The highest BCUT2D eigenvalue weighted by molar-refractivity contribution is 6.17. The molecule has 102 valence electrons. The smallest absolute Gasteiger partial charge is 0.160 e. The predicted octanol–water partition coefficient (Wildman–Crippen LogP) is 2.96. The van der Waals surface area contributed by atoms with E-state index < -0.39 is 0 Å². The number of pyridine rings is 2. The van der Waals surface area contributed by atoms with E-state index in [1.165, 1.54) is 0 Å². The highest BCUT2D eigenvalue weighted by Gasteiger charge is 2.13. The Kier molecular flexibility index (Phi) is 3.65. The van der Waals surface area contributed by atoms with Gasteiger partial charge in [-0.25, -0.2) is 9.97 Å². The fraction of sp³-hybridized carbons (Fsp3) is 0.267. The summed E-state index contributed by atoms with van der Waals surface area (Å²) in [5.74, 6) is 1.51. The molecule has 0 N–H and O–H groups in total. The summed E-state index contributed by atoms with van der Waals surface area (Å²) in [5.41, 5.74) is 3.97. The molecule has 5 heteroatoms. The molecule has 0 aliphatic heterocycles. The summed E-state index contributed by atoms with van der Waals surface area (Å²) in [6.07, 6.45) is 4.34. The molecule has 0 aliphatic carbocycles. The van der Waals surface area contributed by atoms with Crippen molar-refractivity contribution in [3.63, 3.8) is 0 Å². The second-order valence-electron chi connectivity index (χ2n) is 4.67. The Bertz CT molecular complexity index is 721. The van der Waals surface area contributed by atoms with Crippen molar-refractivity contribution in [2.24, 2.45) is 0 Å². The van der Waals surface area contributed by atoms with Gasteiger partial charge in [-0.3, -0.25) is 4.98 Å². The first-order valence-electron chi connectivity index (χ1n) is 6.56. The number of imidazole rings is 1. The van der Waals surface area contributed by atoms with Crippen LogP contribution >= 0.6 is 11.6 Å². The predicted molar refractivity (Wildman–Crippen MR) is 80.0 cm³/mol. The van der Waals surface area contributed by atoms with E-state index in [1.807, 2.05) is 37.4 Å². The van der Waals surface area contributed by atoms with Gasteiger partial charge in [0.15, 0.2) is 5.65 Å². The minimum Gasteiger partial charge on any atom is -0.307 e. The number of halogens is 1. The standard InChI is InChI=1S/C15H15ClN4/c1-11-6-9-18-15-14(11)19-13(5-7-16)20(15)10-12-4-2-3-8-17-12/h2-4,6,8-9H,5,7,10H2,1H3. The van der Waals surface area contributed by atoms with E-state index in [4.69, 9.17) is 11.6 Å². The van der Waals surface area contributed by atoms with Gasteiger partial charge in [-0.15, -0.1) is 11.6 Å². The molecule has 0 radical (unpaired) electrons. The van der Waals surface area contributed by atoms with E-state index in [2.05, 4.69) is 19.5 Å². The third kappa shape index (κ3) is 2.39. The van der Waals surface area contributed by atoms with Gasteiger partial charge in [0.25, 0.3) is 0 Å². The lowest BCUT2D eigenvalue weighted by molar-refractivity contribution is 0.731. The summed E-state index contributed by atoms with van der Waals surface area (Å²) in [7, 11) is 0. The van der Waals surface area contributed by atoms with E-state index in [1.54, 1.807) is 6.20 Å². The van der Waals surface area contributed by atoms with Crippen LogP contribution in [-0.2, 0) is 13.0 Å². The highest BCUT2D eigenvalue weighted by Crippen LogP contribution is 2.19. The maximum atomic E-state index is 5.89. The summed E-state index contributed by atoms with van der Waals surface area (Å²) in [6, 6.07) is 7.88. The van der Waals surface area contributed by atoms with Crippen molar-refractivity contribution in [1.29, 1.82) is 0 Å². The Balaban J connectivity index is 2.12. The van der Waals surface area contributed by atoms with E-state index in [-0.39, 0.29) is 0 Å². The lowest BCUT2D eigenvalue weighted by atomic mass is 10.3. The van der Waals surface area contributed by atoms with Crippen molar-refractivity contribution < 1.29 is 0 Å². The largest absolute Gasteiger partial charge is 0.307 e. The Morgan fingerprint density at radius 1 is 1.15 bits per heavy atom. The van der Waals surface area contributed by atoms with Gasteiger partial charge in [0.05, 0.1) is 12.2 Å². The number of aryl methyl sites for hydroxylation is 2. The molecule has 0 amide bonds. The molecular formula is C15H15ClN4. The molecule has 0 saturated carbocycles. The van der Waals surface area contributed by atoms with Crippen LogP contribution in [0.2, 0.25) is 0 Å². The Morgan fingerprint density at radius 2 is 2.05 bits per heavy atom. The number of aromatic nitrogens is 4. The minimum absolute atomic E-state index is 0.546. The third-order valence-electron chi connectivity index (χ3n) is 3.28. The first kappa shape index (κ1) is 13.1. The molecule has 3 aromatic rings. The first-order valence-corrected chi connectivity index (χ1v) is 7.09. The molecule has 0 saturated heterocycles. The number of nitrogens with zero attached hydrogens (tertiary/aromatic N) is 4. The zero-order valence-electron chi connectivity index (χ0n) is 11.3. The maximum absolute atomic E-state index is 5.89. The topological polar surface area (TPSA) is 43.6 Å². The molecule has 0 bridgehead atoms. The fourth-order valence-corrected chi connectivity index (χ4v) is 2.45. The summed E-state index contributed by atoms with van der Waals surface area (Å²) < 4.78 is 2.10. The molecule has 0 spiro atoms. The number of alkyl halides is 1. The van der Waals surface area contributed by atoms with Crippen LogP contribution in [0.1, 0.15) is 17.1 Å². The summed E-state index contributed by atoms with van der Waals surface area (Å²) in [6.45, 7) is 2.71. The van der Waals surface area contributed by atoms with Gasteiger partial charge < -0.3 is 4.57 Å². The molecule has 0 unspecified atom stereocenters. The van der Waals surface area contributed by atoms with Gasteiger partial charge in [0, 0.05) is 24.7 Å². The van der Waals surface area contributed by atoms with Crippen molar-refractivity contribution in [2.75, 3.05) is 5.88 Å². The van der Waals surface area contributed by atoms with Crippen LogP contribution in [0.3, 0.4) is 0 Å². The maximum Gasteiger partial charge on any atom is 0.160 e. The van der Waals surface area contributed by atoms with Gasteiger partial charge in [-0.05, 0) is 30.7 Å². The van der Waals surface area contributed by atoms with Crippen molar-refractivity contribution in [1.82, 2.24) is 19.5 Å². The molecular weight excluding hydrogens is 272 g/mol. The molecule has 0 fully saturated rings. The average molecular weight is 287 g/mol. The lowest BCUT2D eigenvalue weighted by Crippen LogP contribution is -2.07. The fourth-order valence-electron chi connectivity index (χ4n) is 2.28. The summed E-state index contributed by atoms with van der Waals surface area (Å²) in [4.78, 5) is 13.5. The Morgan fingerprint density at radius 3 is 2.80 bits per heavy atom. The van der Waals surface area contributed by atoms with Gasteiger partial charge in [0.2, 0.25) is 0 Å². The van der Waals surface area contributed by atoms with Gasteiger partial charge in [0.1, 0.15) is 11.3 Å². The Hall–Kier alpha value is -1.94. The molecule has 3 heterocycles. The van der Waals surface area contributed by atoms with Gasteiger partial charge >= 0.3 is 0 Å². The van der Waals surface area contributed by atoms with Crippen molar-refractivity contribution in [3.8, 4) is 0 Å². The summed E-state index contributed by atoms with van der Waals surface area (Å²) >= 11 is 5.89. The molecule has 4 nitrogen and oxygen atoms in total. The number of fused-ring (bicyclic) bond motifs is 1. The van der Waals surface area contributed by atoms with Crippen LogP contribution in [0.25, 0.3) is 11.2 Å². The van der Waals surface area contributed by atoms with Crippen molar-refractivity contribution in [3.05, 3.63) is 53.7 Å². The summed E-state index contributed by atoms with van der Waals surface area (Å²) in [5, 5.41) is 0. The zero-order valence-corrected chi connectivity index (χ0v) is 12.0. The van der Waals surface area contributed by atoms with Crippen LogP contribution in [-0.4, -0.2) is 25.4 Å². The van der Waals surface area contributed by atoms with E-state index >= 15 is 0 Å². The quantitative estimate of drug-likeness (QED) is 0.693. The first-order chi connectivity index (χ1) is 9.79. The van der Waals surface area contributed by atoms with Crippen LogP contribution in [0.5, 0.6) is 0 Å². The molecule has 20 heavy (non-hydrogen) atoms.